The largest absolute Gasteiger partial charge is 0.411 e. The lowest BCUT2D eigenvalue weighted by Gasteiger charge is -2.08. The first-order chi connectivity index (χ1) is 7.78. The lowest BCUT2D eigenvalue weighted by atomic mass is 10.1. The van der Waals surface area contributed by atoms with Crippen LogP contribution in [0.25, 0.3) is 0 Å². The summed E-state index contributed by atoms with van der Waals surface area (Å²) in [4.78, 5) is -0.0263. The van der Waals surface area contributed by atoms with Gasteiger partial charge in [-0.3, -0.25) is 0 Å². The minimum absolute atomic E-state index is 0.0263. The number of hydrogen-bond acceptors (Lipinski definition) is 2. The first-order valence-electron chi connectivity index (χ1n) is 4.52. The van der Waals surface area contributed by atoms with E-state index in [9.17, 15) is 17.6 Å². The van der Waals surface area contributed by atoms with E-state index in [1.165, 1.54) is 6.07 Å². The van der Waals surface area contributed by atoms with Gasteiger partial charge in [0.15, 0.2) is 0 Å². The summed E-state index contributed by atoms with van der Waals surface area (Å²) in [5, 5.41) is 0. The van der Waals surface area contributed by atoms with Gasteiger partial charge in [-0.1, -0.05) is 12.2 Å². The average Bonchev–Trinajstić information content (AvgIpc) is 2.14. The molecule has 0 fully saturated rings. The maximum Gasteiger partial charge on any atom is 0.411 e. The Kier molecular flexibility index (Phi) is 4.41. The number of rotatable bonds is 4. The summed E-state index contributed by atoms with van der Waals surface area (Å²) in [5.41, 5.74) is 5.80. The second-order valence-electron chi connectivity index (χ2n) is 3.32. The standard InChI is InChI=1S/C10H9F4NOS/c11-8-2-6(1-7(3-8)9(15)17)4-16-5-10(12,13)14/h1-3H,4-5H2,(H2,15,17). The third kappa shape index (κ3) is 5.10. The fourth-order valence-corrected chi connectivity index (χ4v) is 1.28. The minimum atomic E-state index is -4.40. The van der Waals surface area contributed by atoms with E-state index in [-0.39, 0.29) is 22.7 Å². The number of ether oxygens (including phenoxy) is 1. The summed E-state index contributed by atoms with van der Waals surface area (Å²) in [5.74, 6) is -0.624. The van der Waals surface area contributed by atoms with Crippen molar-refractivity contribution in [2.24, 2.45) is 5.73 Å². The Labute approximate surface area is 100 Å². The maximum absolute atomic E-state index is 13.1. The van der Waals surface area contributed by atoms with Crippen molar-refractivity contribution in [1.29, 1.82) is 0 Å². The monoisotopic (exact) mass is 267 g/mol. The smallest absolute Gasteiger partial charge is 0.389 e. The molecule has 0 saturated heterocycles. The van der Waals surface area contributed by atoms with Crippen LogP contribution in [-0.2, 0) is 11.3 Å². The summed E-state index contributed by atoms with van der Waals surface area (Å²) >= 11 is 4.64. The van der Waals surface area contributed by atoms with Gasteiger partial charge in [0.2, 0.25) is 0 Å². The number of alkyl halides is 3. The van der Waals surface area contributed by atoms with Crippen LogP contribution in [0.5, 0.6) is 0 Å². The van der Waals surface area contributed by atoms with Gasteiger partial charge in [-0.15, -0.1) is 0 Å². The molecule has 2 nitrogen and oxygen atoms in total. The number of benzene rings is 1. The predicted octanol–water partition coefficient (Wildman–Crippen LogP) is 2.54. The highest BCUT2D eigenvalue weighted by Gasteiger charge is 2.27. The van der Waals surface area contributed by atoms with Crippen LogP contribution in [0.2, 0.25) is 0 Å². The first kappa shape index (κ1) is 13.9. The normalized spacial score (nSPS) is 11.5. The van der Waals surface area contributed by atoms with Crippen molar-refractivity contribution in [3.05, 3.63) is 35.1 Å². The van der Waals surface area contributed by atoms with E-state index >= 15 is 0 Å². The molecule has 0 aliphatic carbocycles. The number of thiocarbonyl (C=S) groups is 1. The number of hydrogen-bond donors (Lipinski definition) is 1. The van der Waals surface area contributed by atoms with Crippen LogP contribution < -0.4 is 5.73 Å². The van der Waals surface area contributed by atoms with E-state index in [2.05, 4.69) is 17.0 Å². The van der Waals surface area contributed by atoms with Gasteiger partial charge in [0, 0.05) is 5.56 Å². The molecule has 0 radical (unpaired) electrons. The SMILES string of the molecule is NC(=S)c1cc(F)cc(COCC(F)(F)F)c1. The van der Waals surface area contributed by atoms with Crippen LogP contribution in [0.3, 0.4) is 0 Å². The Hall–Kier alpha value is -1.21. The Morgan fingerprint density at radius 2 is 1.94 bits per heavy atom. The summed E-state index contributed by atoms with van der Waals surface area (Å²) < 4.78 is 52.9. The van der Waals surface area contributed by atoms with Crippen LogP contribution in [0.15, 0.2) is 18.2 Å². The molecule has 1 aromatic rings. The fraction of sp³-hybridized carbons (Fsp3) is 0.300. The lowest BCUT2D eigenvalue weighted by molar-refractivity contribution is -0.176. The zero-order valence-corrected chi connectivity index (χ0v) is 9.37. The predicted molar refractivity (Wildman–Crippen MR) is 58.0 cm³/mol. The van der Waals surface area contributed by atoms with Gasteiger partial charge in [-0.25, -0.2) is 4.39 Å². The highest BCUT2D eigenvalue weighted by Crippen LogP contribution is 2.16. The van der Waals surface area contributed by atoms with Gasteiger partial charge in [0.25, 0.3) is 0 Å². The van der Waals surface area contributed by atoms with E-state index in [4.69, 9.17) is 5.73 Å². The highest BCUT2D eigenvalue weighted by atomic mass is 32.1. The van der Waals surface area contributed by atoms with Gasteiger partial charge < -0.3 is 10.5 Å². The second-order valence-corrected chi connectivity index (χ2v) is 3.76. The minimum Gasteiger partial charge on any atom is -0.389 e. The zero-order valence-electron chi connectivity index (χ0n) is 8.55. The Bertz CT molecular complexity index is 419. The molecule has 0 atom stereocenters. The molecule has 17 heavy (non-hydrogen) atoms. The molecular weight excluding hydrogens is 258 g/mol. The summed E-state index contributed by atoms with van der Waals surface area (Å²) in [6.45, 7) is -1.74. The van der Waals surface area contributed by atoms with Crippen molar-refractivity contribution in [1.82, 2.24) is 0 Å². The van der Waals surface area contributed by atoms with Crippen molar-refractivity contribution in [3.63, 3.8) is 0 Å². The highest BCUT2D eigenvalue weighted by molar-refractivity contribution is 7.80. The summed E-state index contributed by atoms with van der Waals surface area (Å²) in [7, 11) is 0. The second kappa shape index (κ2) is 5.42. The van der Waals surface area contributed by atoms with Gasteiger partial charge in [0.1, 0.15) is 17.4 Å². The molecule has 0 unspecified atom stereocenters. The van der Waals surface area contributed by atoms with Crippen molar-refractivity contribution in [2.45, 2.75) is 12.8 Å². The van der Waals surface area contributed by atoms with Crippen LogP contribution in [0.1, 0.15) is 11.1 Å². The zero-order chi connectivity index (χ0) is 13.1. The van der Waals surface area contributed by atoms with E-state index in [1.807, 2.05) is 0 Å². The molecule has 0 heterocycles. The van der Waals surface area contributed by atoms with Crippen LogP contribution in [0, 0.1) is 5.82 Å². The van der Waals surface area contributed by atoms with Gasteiger partial charge >= 0.3 is 6.18 Å². The molecule has 0 aromatic heterocycles. The van der Waals surface area contributed by atoms with Gasteiger partial charge in [0.05, 0.1) is 6.61 Å². The Morgan fingerprint density at radius 1 is 1.29 bits per heavy atom. The number of halogens is 4. The molecule has 0 bridgehead atoms. The molecule has 7 heteroatoms. The van der Waals surface area contributed by atoms with Crippen molar-refractivity contribution in [3.8, 4) is 0 Å². The van der Waals surface area contributed by atoms with Crippen LogP contribution >= 0.6 is 12.2 Å². The maximum atomic E-state index is 13.1. The van der Waals surface area contributed by atoms with Crippen molar-refractivity contribution < 1.29 is 22.3 Å². The summed E-state index contributed by atoms with van der Waals surface area (Å²) in [6.07, 6.45) is -4.40. The van der Waals surface area contributed by atoms with E-state index in [1.54, 1.807) is 0 Å². The third-order valence-corrected chi connectivity index (χ3v) is 2.01. The molecule has 1 aromatic carbocycles. The lowest BCUT2D eigenvalue weighted by Crippen LogP contribution is -2.17. The average molecular weight is 267 g/mol. The molecule has 1 rings (SSSR count). The molecule has 0 aliphatic rings. The molecule has 0 aliphatic heterocycles. The molecule has 0 saturated carbocycles. The number of nitrogens with two attached hydrogens (primary N) is 1. The van der Waals surface area contributed by atoms with Gasteiger partial charge in [-0.05, 0) is 23.8 Å². The van der Waals surface area contributed by atoms with Crippen LogP contribution in [0.4, 0.5) is 17.6 Å². The van der Waals surface area contributed by atoms with Gasteiger partial charge in [-0.2, -0.15) is 13.2 Å². The molecular formula is C10H9F4NOS. The Morgan fingerprint density at radius 3 is 2.47 bits per heavy atom. The summed E-state index contributed by atoms with van der Waals surface area (Å²) in [6, 6.07) is 3.57. The topological polar surface area (TPSA) is 35.2 Å². The molecule has 2 N–H and O–H groups in total. The quantitative estimate of drug-likeness (QED) is 0.672. The first-order valence-corrected chi connectivity index (χ1v) is 4.92. The molecule has 0 amide bonds. The van der Waals surface area contributed by atoms with Crippen molar-refractivity contribution >= 4 is 17.2 Å². The fourth-order valence-electron chi connectivity index (χ4n) is 1.16. The van der Waals surface area contributed by atoms with E-state index in [0.717, 1.165) is 12.1 Å². The molecule has 0 spiro atoms. The van der Waals surface area contributed by atoms with Crippen molar-refractivity contribution in [2.75, 3.05) is 6.61 Å². The Balaban J connectivity index is 2.68. The van der Waals surface area contributed by atoms with Crippen LogP contribution in [-0.4, -0.2) is 17.8 Å². The molecule has 94 valence electrons. The van der Waals surface area contributed by atoms with E-state index < -0.39 is 18.6 Å². The third-order valence-electron chi connectivity index (χ3n) is 1.78. The van der Waals surface area contributed by atoms with E-state index in [0.29, 0.717) is 0 Å².